The predicted octanol–water partition coefficient (Wildman–Crippen LogP) is 2.78. The monoisotopic (exact) mass is 392 g/mol. The SMILES string of the molecule is Cn1cc(/C=C(\C#N)c2nc3cc(C(F)(F)F)ccc3s2)c(=O)n(C)c1=O. The number of allylic oxidation sites excluding steroid dienone is 1. The molecule has 2 heterocycles. The number of alkyl halides is 3. The van der Waals surface area contributed by atoms with E-state index in [1.165, 1.54) is 37.0 Å². The van der Waals surface area contributed by atoms with E-state index in [-0.39, 0.29) is 21.7 Å². The van der Waals surface area contributed by atoms with Crippen LogP contribution in [0, 0.1) is 11.3 Å². The van der Waals surface area contributed by atoms with Gasteiger partial charge in [0.1, 0.15) is 11.1 Å². The first-order chi connectivity index (χ1) is 12.6. The number of thiazole rings is 1. The van der Waals surface area contributed by atoms with Gasteiger partial charge < -0.3 is 4.57 Å². The largest absolute Gasteiger partial charge is 0.416 e. The molecule has 0 saturated carbocycles. The summed E-state index contributed by atoms with van der Waals surface area (Å²) in [5.74, 6) is 0. The van der Waals surface area contributed by atoms with Crippen LogP contribution < -0.4 is 11.2 Å². The molecule has 10 heteroatoms. The summed E-state index contributed by atoms with van der Waals surface area (Å²) in [4.78, 5) is 28.0. The molecule has 27 heavy (non-hydrogen) atoms. The molecule has 3 rings (SSSR count). The van der Waals surface area contributed by atoms with Gasteiger partial charge in [-0.25, -0.2) is 9.78 Å². The van der Waals surface area contributed by atoms with E-state index in [1.54, 1.807) is 0 Å². The van der Waals surface area contributed by atoms with Crippen molar-refractivity contribution >= 4 is 33.2 Å². The van der Waals surface area contributed by atoms with Gasteiger partial charge in [-0.15, -0.1) is 11.3 Å². The molecule has 6 nitrogen and oxygen atoms in total. The highest BCUT2D eigenvalue weighted by atomic mass is 32.1. The molecule has 0 aliphatic carbocycles. The van der Waals surface area contributed by atoms with Gasteiger partial charge in [-0.3, -0.25) is 9.36 Å². The highest BCUT2D eigenvalue weighted by molar-refractivity contribution is 7.19. The Morgan fingerprint density at radius 1 is 1.30 bits per heavy atom. The van der Waals surface area contributed by atoms with Crippen molar-refractivity contribution in [3.05, 3.63) is 61.4 Å². The number of rotatable bonds is 2. The van der Waals surface area contributed by atoms with Gasteiger partial charge in [-0.2, -0.15) is 18.4 Å². The maximum absolute atomic E-state index is 12.8. The molecule has 0 bridgehead atoms. The Kier molecular flexibility index (Phi) is 4.49. The molecule has 138 valence electrons. The first kappa shape index (κ1) is 18.6. The van der Waals surface area contributed by atoms with E-state index in [2.05, 4.69) is 4.98 Å². The number of aromatic nitrogens is 3. The Bertz CT molecular complexity index is 1240. The Morgan fingerprint density at radius 3 is 2.63 bits per heavy atom. The third kappa shape index (κ3) is 3.41. The smallest absolute Gasteiger partial charge is 0.303 e. The first-order valence-corrected chi connectivity index (χ1v) is 8.30. The fourth-order valence-electron chi connectivity index (χ4n) is 2.45. The Labute approximate surface area is 154 Å². The third-order valence-electron chi connectivity index (χ3n) is 3.84. The molecule has 0 N–H and O–H groups in total. The summed E-state index contributed by atoms with van der Waals surface area (Å²) in [6.07, 6.45) is -1.94. The van der Waals surface area contributed by atoms with Crippen molar-refractivity contribution in [1.29, 1.82) is 5.26 Å². The summed E-state index contributed by atoms with van der Waals surface area (Å²) >= 11 is 1.04. The molecular weight excluding hydrogens is 381 g/mol. The van der Waals surface area contributed by atoms with Crippen LogP contribution in [0.1, 0.15) is 16.1 Å². The van der Waals surface area contributed by atoms with Gasteiger partial charge in [-0.05, 0) is 24.3 Å². The van der Waals surface area contributed by atoms with Gasteiger partial charge in [-0.1, -0.05) is 0 Å². The molecule has 0 atom stereocenters. The summed E-state index contributed by atoms with van der Waals surface area (Å²) < 4.78 is 41.1. The predicted molar refractivity (Wildman–Crippen MR) is 95.0 cm³/mol. The molecule has 1 aromatic carbocycles. The third-order valence-corrected chi connectivity index (χ3v) is 4.91. The van der Waals surface area contributed by atoms with Crippen LogP contribution >= 0.6 is 11.3 Å². The number of aryl methyl sites for hydroxylation is 1. The minimum atomic E-state index is -4.49. The van der Waals surface area contributed by atoms with E-state index in [1.807, 2.05) is 6.07 Å². The molecule has 0 amide bonds. The summed E-state index contributed by atoms with van der Waals surface area (Å²) in [6, 6.07) is 5.06. The van der Waals surface area contributed by atoms with Gasteiger partial charge in [0.05, 0.1) is 26.9 Å². The number of halogens is 3. The van der Waals surface area contributed by atoms with Gasteiger partial charge in [0, 0.05) is 20.3 Å². The van der Waals surface area contributed by atoms with E-state index in [0.29, 0.717) is 4.70 Å². The Balaban J connectivity index is 2.14. The zero-order chi connectivity index (χ0) is 19.9. The van der Waals surface area contributed by atoms with Crippen molar-refractivity contribution in [3.63, 3.8) is 0 Å². The number of hydrogen-bond donors (Lipinski definition) is 0. The lowest BCUT2D eigenvalue weighted by Crippen LogP contribution is -2.37. The topological polar surface area (TPSA) is 80.7 Å². The molecule has 0 spiro atoms. The molecule has 0 saturated heterocycles. The normalized spacial score (nSPS) is 12.4. The van der Waals surface area contributed by atoms with Crippen LogP contribution in [-0.2, 0) is 20.3 Å². The molecule has 0 fully saturated rings. The second-order valence-electron chi connectivity index (χ2n) is 5.71. The van der Waals surface area contributed by atoms with Gasteiger partial charge in [0.25, 0.3) is 5.56 Å². The van der Waals surface area contributed by atoms with Crippen molar-refractivity contribution in [2.75, 3.05) is 0 Å². The average Bonchev–Trinajstić information content (AvgIpc) is 3.04. The molecule has 0 aliphatic rings. The molecular formula is C17H11F3N4O2S. The van der Waals surface area contributed by atoms with Crippen molar-refractivity contribution in [2.45, 2.75) is 6.18 Å². The zero-order valence-corrected chi connectivity index (χ0v) is 14.9. The van der Waals surface area contributed by atoms with Crippen LogP contribution in [0.4, 0.5) is 13.2 Å². The minimum absolute atomic E-state index is 0.0144. The number of fused-ring (bicyclic) bond motifs is 1. The quantitative estimate of drug-likeness (QED) is 0.628. The standard InChI is InChI=1S/C17H11F3N4O2S/c1-23-8-10(15(25)24(2)16(23)26)5-9(7-21)14-22-12-6-11(17(18,19)20)3-4-13(12)27-14/h3-6,8H,1-2H3/b9-5+. The van der Waals surface area contributed by atoms with Crippen LogP contribution in [0.2, 0.25) is 0 Å². The van der Waals surface area contributed by atoms with Crippen LogP contribution in [0.5, 0.6) is 0 Å². The van der Waals surface area contributed by atoms with Crippen molar-refractivity contribution < 1.29 is 13.2 Å². The highest BCUT2D eigenvalue weighted by Gasteiger charge is 2.30. The molecule has 0 radical (unpaired) electrons. The summed E-state index contributed by atoms with van der Waals surface area (Å²) in [7, 11) is 2.77. The van der Waals surface area contributed by atoms with Crippen molar-refractivity contribution in [2.24, 2.45) is 14.1 Å². The lowest BCUT2D eigenvalue weighted by molar-refractivity contribution is -0.137. The summed E-state index contributed by atoms with van der Waals surface area (Å²) in [6.45, 7) is 0. The van der Waals surface area contributed by atoms with Gasteiger partial charge >= 0.3 is 11.9 Å². The van der Waals surface area contributed by atoms with E-state index in [0.717, 1.165) is 28.0 Å². The van der Waals surface area contributed by atoms with Crippen molar-refractivity contribution in [3.8, 4) is 6.07 Å². The Morgan fingerprint density at radius 2 is 2.00 bits per heavy atom. The van der Waals surface area contributed by atoms with E-state index in [4.69, 9.17) is 0 Å². The van der Waals surface area contributed by atoms with Crippen LogP contribution in [-0.4, -0.2) is 14.1 Å². The maximum atomic E-state index is 12.8. The van der Waals surface area contributed by atoms with Crippen LogP contribution in [0.25, 0.3) is 21.9 Å². The lowest BCUT2D eigenvalue weighted by atomic mass is 10.2. The zero-order valence-electron chi connectivity index (χ0n) is 14.0. The molecule has 0 aliphatic heterocycles. The lowest BCUT2D eigenvalue weighted by Gasteiger charge is -2.04. The second kappa shape index (κ2) is 6.51. The van der Waals surface area contributed by atoms with Crippen molar-refractivity contribution in [1.82, 2.24) is 14.1 Å². The van der Waals surface area contributed by atoms with Crippen LogP contribution in [0.3, 0.4) is 0 Å². The summed E-state index contributed by atoms with van der Waals surface area (Å²) in [5.41, 5.74) is -1.73. The fourth-order valence-corrected chi connectivity index (χ4v) is 3.36. The second-order valence-corrected chi connectivity index (χ2v) is 6.74. The molecule has 2 aromatic heterocycles. The van der Waals surface area contributed by atoms with E-state index >= 15 is 0 Å². The first-order valence-electron chi connectivity index (χ1n) is 7.48. The average molecular weight is 392 g/mol. The maximum Gasteiger partial charge on any atom is 0.416 e. The highest BCUT2D eigenvalue weighted by Crippen LogP contribution is 2.34. The van der Waals surface area contributed by atoms with E-state index < -0.39 is 23.0 Å². The number of nitrogens with zero attached hydrogens (tertiary/aromatic N) is 4. The van der Waals surface area contributed by atoms with E-state index in [9.17, 15) is 28.0 Å². The minimum Gasteiger partial charge on any atom is -0.303 e. The molecule has 0 unspecified atom stereocenters. The number of benzene rings is 1. The number of hydrogen-bond acceptors (Lipinski definition) is 5. The number of nitriles is 1. The fraction of sp³-hybridized carbons (Fsp3) is 0.176. The van der Waals surface area contributed by atoms with Gasteiger partial charge in [0.15, 0.2) is 0 Å². The van der Waals surface area contributed by atoms with Crippen LogP contribution in [0.15, 0.2) is 34.0 Å². The molecule has 3 aromatic rings. The Hall–Kier alpha value is -3.19. The summed E-state index contributed by atoms with van der Waals surface area (Å²) in [5, 5.41) is 9.61. The van der Waals surface area contributed by atoms with Gasteiger partial charge in [0.2, 0.25) is 0 Å².